The van der Waals surface area contributed by atoms with E-state index in [-0.39, 0.29) is 18.6 Å². The molecule has 1 aromatic carbocycles. The Bertz CT molecular complexity index is 446. The van der Waals surface area contributed by atoms with Crippen LogP contribution >= 0.6 is 0 Å². The van der Waals surface area contributed by atoms with Crippen LogP contribution in [0.1, 0.15) is 26.3 Å². The fraction of sp³-hybridized carbons (Fsp3) is 0.467. The van der Waals surface area contributed by atoms with Gasteiger partial charge in [0.1, 0.15) is 5.75 Å². The molecule has 1 rings (SSSR count). The molecule has 4 heteroatoms. The fourth-order valence-electron chi connectivity index (χ4n) is 1.41. The molecular weight excluding hydrogens is 240 g/mol. The average molecular weight is 260 g/mol. The molecule has 1 unspecified atom stereocenters. The largest absolute Gasteiger partial charge is 0.484 e. The highest BCUT2D eigenvalue weighted by Crippen LogP contribution is 2.12. The van der Waals surface area contributed by atoms with Crippen molar-refractivity contribution in [1.82, 2.24) is 5.32 Å². The molecule has 0 aliphatic carbocycles. The highest BCUT2D eigenvalue weighted by atomic mass is 16.5. The summed E-state index contributed by atoms with van der Waals surface area (Å²) >= 11 is 0. The van der Waals surface area contributed by atoms with Crippen molar-refractivity contribution in [3.63, 3.8) is 0 Å². The SMILES string of the molecule is CC(C)C(C)NC(=O)COc1ccc(CC#N)cc1. The van der Waals surface area contributed by atoms with Crippen molar-refractivity contribution in [2.24, 2.45) is 5.92 Å². The van der Waals surface area contributed by atoms with Crippen LogP contribution in [0.3, 0.4) is 0 Å². The van der Waals surface area contributed by atoms with Crippen molar-refractivity contribution in [2.75, 3.05) is 6.61 Å². The van der Waals surface area contributed by atoms with Crippen molar-refractivity contribution in [3.05, 3.63) is 29.8 Å². The lowest BCUT2D eigenvalue weighted by Crippen LogP contribution is -2.38. The first-order valence-electron chi connectivity index (χ1n) is 6.41. The van der Waals surface area contributed by atoms with Crippen LogP contribution < -0.4 is 10.1 Å². The third-order valence-corrected chi connectivity index (χ3v) is 2.97. The van der Waals surface area contributed by atoms with Gasteiger partial charge in [0.05, 0.1) is 12.5 Å². The zero-order chi connectivity index (χ0) is 14.3. The van der Waals surface area contributed by atoms with Gasteiger partial charge in [0, 0.05) is 6.04 Å². The molecule has 0 saturated carbocycles. The second-order valence-corrected chi connectivity index (χ2v) is 4.87. The molecule has 1 aromatic rings. The summed E-state index contributed by atoms with van der Waals surface area (Å²) < 4.78 is 5.39. The third-order valence-electron chi connectivity index (χ3n) is 2.97. The van der Waals surface area contributed by atoms with Crippen LogP contribution in [-0.2, 0) is 11.2 Å². The Kier molecular flexibility index (Phi) is 5.87. The van der Waals surface area contributed by atoms with Crippen LogP contribution in [0.2, 0.25) is 0 Å². The maximum absolute atomic E-state index is 11.6. The minimum absolute atomic E-state index is 0.00859. The molecule has 102 valence electrons. The van der Waals surface area contributed by atoms with Crippen LogP contribution in [0, 0.1) is 17.2 Å². The molecule has 0 fully saturated rings. The van der Waals surface area contributed by atoms with Gasteiger partial charge in [0.15, 0.2) is 6.61 Å². The van der Waals surface area contributed by atoms with Crippen LogP contribution in [0.4, 0.5) is 0 Å². The van der Waals surface area contributed by atoms with Crippen molar-refractivity contribution in [3.8, 4) is 11.8 Å². The molecule has 4 nitrogen and oxygen atoms in total. The number of hydrogen-bond donors (Lipinski definition) is 1. The predicted molar refractivity (Wildman–Crippen MR) is 73.7 cm³/mol. The summed E-state index contributed by atoms with van der Waals surface area (Å²) in [6.45, 7) is 6.09. The first kappa shape index (κ1) is 15.0. The Morgan fingerprint density at radius 1 is 1.32 bits per heavy atom. The van der Waals surface area contributed by atoms with E-state index in [9.17, 15) is 4.79 Å². The van der Waals surface area contributed by atoms with Crippen LogP contribution in [-0.4, -0.2) is 18.6 Å². The van der Waals surface area contributed by atoms with Crippen LogP contribution in [0.25, 0.3) is 0 Å². The van der Waals surface area contributed by atoms with Gasteiger partial charge in [-0.1, -0.05) is 26.0 Å². The van der Waals surface area contributed by atoms with E-state index in [1.54, 1.807) is 12.1 Å². The monoisotopic (exact) mass is 260 g/mol. The Morgan fingerprint density at radius 2 is 1.95 bits per heavy atom. The summed E-state index contributed by atoms with van der Waals surface area (Å²) in [5.74, 6) is 0.908. The van der Waals surface area contributed by atoms with Crippen molar-refractivity contribution in [2.45, 2.75) is 33.2 Å². The van der Waals surface area contributed by atoms with Crippen molar-refractivity contribution < 1.29 is 9.53 Å². The zero-order valence-electron chi connectivity index (χ0n) is 11.6. The normalized spacial score (nSPS) is 11.7. The van der Waals surface area contributed by atoms with Gasteiger partial charge in [-0.25, -0.2) is 0 Å². The van der Waals surface area contributed by atoms with Gasteiger partial charge in [-0.2, -0.15) is 5.26 Å². The number of carbonyl (C=O) groups excluding carboxylic acids is 1. The standard InChI is InChI=1S/C15H20N2O2/c1-11(2)12(3)17-15(18)10-19-14-6-4-13(5-7-14)8-9-16/h4-7,11-12H,8,10H2,1-3H3,(H,17,18). The summed E-state index contributed by atoms with van der Waals surface area (Å²) in [7, 11) is 0. The maximum atomic E-state index is 11.6. The highest BCUT2D eigenvalue weighted by Gasteiger charge is 2.10. The molecule has 1 N–H and O–H groups in total. The van der Waals surface area contributed by atoms with E-state index < -0.39 is 0 Å². The molecule has 19 heavy (non-hydrogen) atoms. The lowest BCUT2D eigenvalue weighted by Gasteiger charge is -2.17. The van der Waals surface area contributed by atoms with Gasteiger partial charge in [0.2, 0.25) is 0 Å². The van der Waals surface area contributed by atoms with Gasteiger partial charge in [-0.3, -0.25) is 4.79 Å². The summed E-state index contributed by atoms with van der Waals surface area (Å²) in [6.07, 6.45) is 0.382. The molecule has 0 saturated heterocycles. The van der Waals surface area contributed by atoms with Gasteiger partial charge in [0.25, 0.3) is 5.91 Å². The van der Waals surface area contributed by atoms with Gasteiger partial charge >= 0.3 is 0 Å². The summed E-state index contributed by atoms with van der Waals surface area (Å²) in [4.78, 5) is 11.6. The lowest BCUT2D eigenvalue weighted by molar-refractivity contribution is -0.124. The van der Waals surface area contributed by atoms with Gasteiger partial charge in [-0.05, 0) is 30.5 Å². The number of hydrogen-bond acceptors (Lipinski definition) is 3. The maximum Gasteiger partial charge on any atom is 0.258 e. The molecule has 0 spiro atoms. The quantitative estimate of drug-likeness (QED) is 0.853. The Morgan fingerprint density at radius 3 is 2.47 bits per heavy atom. The molecule has 0 radical (unpaired) electrons. The summed E-state index contributed by atoms with van der Waals surface area (Å²) in [5.41, 5.74) is 0.938. The zero-order valence-corrected chi connectivity index (χ0v) is 11.6. The lowest BCUT2D eigenvalue weighted by atomic mass is 10.1. The number of benzene rings is 1. The molecule has 0 bridgehead atoms. The smallest absolute Gasteiger partial charge is 0.258 e. The highest BCUT2D eigenvalue weighted by molar-refractivity contribution is 5.77. The first-order valence-corrected chi connectivity index (χ1v) is 6.41. The molecule has 0 aliphatic rings. The van der Waals surface area contributed by atoms with Crippen LogP contribution in [0.5, 0.6) is 5.75 Å². The van der Waals surface area contributed by atoms with E-state index in [4.69, 9.17) is 10.00 Å². The molecule has 1 amide bonds. The Labute approximate surface area is 114 Å². The van der Waals surface area contributed by atoms with E-state index in [2.05, 4.69) is 25.2 Å². The number of carbonyl (C=O) groups is 1. The van der Waals surface area contributed by atoms with E-state index in [1.165, 1.54) is 0 Å². The Balaban J connectivity index is 2.40. The minimum Gasteiger partial charge on any atom is -0.484 e. The second kappa shape index (κ2) is 7.42. The van der Waals surface area contributed by atoms with Gasteiger partial charge in [-0.15, -0.1) is 0 Å². The molecule has 1 atom stereocenters. The van der Waals surface area contributed by atoms with Crippen molar-refractivity contribution in [1.29, 1.82) is 5.26 Å². The number of nitrogens with one attached hydrogen (secondary N) is 1. The molecule has 0 aliphatic heterocycles. The Hall–Kier alpha value is -2.02. The van der Waals surface area contributed by atoms with E-state index in [0.717, 1.165) is 5.56 Å². The van der Waals surface area contributed by atoms with Gasteiger partial charge < -0.3 is 10.1 Å². The number of amides is 1. The van der Waals surface area contributed by atoms with Crippen molar-refractivity contribution >= 4 is 5.91 Å². The number of ether oxygens (including phenoxy) is 1. The minimum atomic E-state index is -0.123. The second-order valence-electron chi connectivity index (χ2n) is 4.87. The number of nitriles is 1. The predicted octanol–water partition coefficient (Wildman–Crippen LogP) is 2.29. The van der Waals surface area contributed by atoms with E-state index in [0.29, 0.717) is 18.1 Å². The molecular formula is C15H20N2O2. The third kappa shape index (κ3) is 5.43. The van der Waals surface area contributed by atoms with E-state index in [1.807, 2.05) is 19.1 Å². The average Bonchev–Trinajstić information content (AvgIpc) is 2.38. The summed E-state index contributed by atoms with van der Waals surface area (Å²) in [5, 5.41) is 11.4. The van der Waals surface area contributed by atoms with Crippen LogP contribution in [0.15, 0.2) is 24.3 Å². The number of rotatable bonds is 6. The molecule has 0 heterocycles. The first-order chi connectivity index (χ1) is 9.02. The fourth-order valence-corrected chi connectivity index (χ4v) is 1.41. The number of nitrogens with zero attached hydrogens (tertiary/aromatic N) is 1. The van der Waals surface area contributed by atoms with E-state index >= 15 is 0 Å². The topological polar surface area (TPSA) is 62.1 Å². The molecule has 0 aromatic heterocycles. The summed E-state index contributed by atoms with van der Waals surface area (Å²) in [6, 6.07) is 9.41.